The van der Waals surface area contributed by atoms with Crippen LogP contribution in [0, 0.1) is 0 Å². The van der Waals surface area contributed by atoms with Crippen molar-refractivity contribution in [3.05, 3.63) is 34.3 Å². The third kappa shape index (κ3) is 2.67. The first-order valence-electron chi connectivity index (χ1n) is 4.35. The van der Waals surface area contributed by atoms with E-state index in [1.54, 1.807) is 0 Å². The standard InChI is InChI=1S/C10H11BrS2/c11-9-4-1-3-8(7-9)10-12-5-2-6-13-10/h1,3-4,7,10H,2,5-6H2. The maximum Gasteiger partial charge on any atom is 0.0751 e. The van der Waals surface area contributed by atoms with Crippen molar-refractivity contribution in [1.82, 2.24) is 0 Å². The minimum Gasteiger partial charge on any atom is -0.143 e. The van der Waals surface area contributed by atoms with Crippen molar-refractivity contribution in [3.63, 3.8) is 0 Å². The van der Waals surface area contributed by atoms with Gasteiger partial charge >= 0.3 is 0 Å². The molecule has 1 saturated heterocycles. The molecular weight excluding hydrogens is 264 g/mol. The van der Waals surface area contributed by atoms with Crippen molar-refractivity contribution in [2.24, 2.45) is 0 Å². The smallest absolute Gasteiger partial charge is 0.0751 e. The predicted octanol–water partition coefficient (Wildman–Crippen LogP) is 4.32. The number of thioether (sulfide) groups is 2. The molecular formula is C10H11BrS2. The van der Waals surface area contributed by atoms with E-state index in [1.165, 1.54) is 28.0 Å². The number of hydrogen-bond acceptors (Lipinski definition) is 2. The molecule has 1 fully saturated rings. The van der Waals surface area contributed by atoms with E-state index in [-0.39, 0.29) is 0 Å². The highest BCUT2D eigenvalue weighted by Crippen LogP contribution is 2.43. The molecule has 0 aromatic heterocycles. The summed E-state index contributed by atoms with van der Waals surface area (Å²) >= 11 is 7.64. The lowest BCUT2D eigenvalue weighted by Crippen LogP contribution is -1.99. The van der Waals surface area contributed by atoms with E-state index in [0.29, 0.717) is 4.58 Å². The number of benzene rings is 1. The molecule has 0 nitrogen and oxygen atoms in total. The normalized spacial score (nSPS) is 18.8. The van der Waals surface area contributed by atoms with Gasteiger partial charge in [0.05, 0.1) is 4.58 Å². The van der Waals surface area contributed by atoms with Crippen molar-refractivity contribution in [3.8, 4) is 0 Å². The van der Waals surface area contributed by atoms with Crippen LogP contribution in [0.4, 0.5) is 0 Å². The van der Waals surface area contributed by atoms with Gasteiger partial charge in [-0.3, -0.25) is 0 Å². The lowest BCUT2D eigenvalue weighted by atomic mass is 10.2. The maximum absolute atomic E-state index is 3.51. The Balaban J connectivity index is 2.14. The van der Waals surface area contributed by atoms with Crippen LogP contribution in [0.15, 0.2) is 28.7 Å². The Kier molecular flexibility index (Phi) is 3.64. The van der Waals surface area contributed by atoms with Crippen LogP contribution in [0.2, 0.25) is 0 Å². The van der Waals surface area contributed by atoms with E-state index in [2.05, 4.69) is 63.7 Å². The van der Waals surface area contributed by atoms with Crippen molar-refractivity contribution in [2.75, 3.05) is 11.5 Å². The lowest BCUT2D eigenvalue weighted by Gasteiger charge is -2.21. The van der Waals surface area contributed by atoms with Gasteiger partial charge in [-0.25, -0.2) is 0 Å². The molecule has 0 spiro atoms. The van der Waals surface area contributed by atoms with Crippen LogP contribution in [0.3, 0.4) is 0 Å². The highest BCUT2D eigenvalue weighted by atomic mass is 79.9. The molecule has 70 valence electrons. The van der Waals surface area contributed by atoms with Gasteiger partial charge in [-0.2, -0.15) is 0 Å². The molecule has 0 bridgehead atoms. The van der Waals surface area contributed by atoms with Crippen LogP contribution < -0.4 is 0 Å². The van der Waals surface area contributed by atoms with Gasteiger partial charge in [-0.15, -0.1) is 23.5 Å². The third-order valence-electron chi connectivity index (χ3n) is 1.95. The second kappa shape index (κ2) is 4.76. The minimum absolute atomic E-state index is 0.659. The summed E-state index contributed by atoms with van der Waals surface area (Å²) in [5, 5.41) is 0. The van der Waals surface area contributed by atoms with Crippen LogP contribution in [-0.4, -0.2) is 11.5 Å². The molecule has 1 aliphatic rings. The summed E-state index contributed by atoms with van der Waals surface area (Å²) in [5.41, 5.74) is 1.45. The quantitative estimate of drug-likeness (QED) is 0.748. The van der Waals surface area contributed by atoms with Gasteiger partial charge in [0.15, 0.2) is 0 Å². The van der Waals surface area contributed by atoms with Gasteiger partial charge in [-0.05, 0) is 35.6 Å². The highest BCUT2D eigenvalue weighted by Gasteiger charge is 2.16. The molecule has 1 aliphatic heterocycles. The Morgan fingerprint density at radius 3 is 2.69 bits per heavy atom. The Morgan fingerprint density at radius 2 is 2.00 bits per heavy atom. The zero-order valence-electron chi connectivity index (χ0n) is 7.20. The van der Waals surface area contributed by atoms with Crippen LogP contribution in [0.25, 0.3) is 0 Å². The summed E-state index contributed by atoms with van der Waals surface area (Å²) in [7, 11) is 0. The Bertz CT molecular complexity index is 282. The Hall–Kier alpha value is 0.400. The van der Waals surface area contributed by atoms with Crippen molar-refractivity contribution < 1.29 is 0 Å². The average molecular weight is 275 g/mol. The van der Waals surface area contributed by atoms with Gasteiger partial charge < -0.3 is 0 Å². The number of rotatable bonds is 1. The zero-order chi connectivity index (χ0) is 9.10. The first-order valence-corrected chi connectivity index (χ1v) is 7.24. The largest absolute Gasteiger partial charge is 0.143 e. The number of halogens is 1. The predicted molar refractivity (Wildman–Crippen MR) is 66.4 cm³/mol. The molecule has 0 saturated carbocycles. The summed E-state index contributed by atoms with van der Waals surface area (Å²) < 4.78 is 1.85. The fourth-order valence-electron chi connectivity index (χ4n) is 1.33. The molecule has 0 atom stereocenters. The summed E-state index contributed by atoms with van der Waals surface area (Å²) in [6.45, 7) is 0. The van der Waals surface area contributed by atoms with E-state index in [9.17, 15) is 0 Å². The van der Waals surface area contributed by atoms with Crippen molar-refractivity contribution in [2.45, 2.75) is 11.0 Å². The SMILES string of the molecule is Brc1cccc(C2SCCCS2)c1. The summed E-state index contributed by atoms with van der Waals surface area (Å²) in [6.07, 6.45) is 1.36. The van der Waals surface area contributed by atoms with Gasteiger partial charge in [0.25, 0.3) is 0 Å². The molecule has 0 N–H and O–H groups in total. The molecule has 1 aromatic carbocycles. The lowest BCUT2D eigenvalue weighted by molar-refractivity contribution is 1.10. The second-order valence-electron chi connectivity index (χ2n) is 2.98. The first-order chi connectivity index (χ1) is 6.36. The van der Waals surface area contributed by atoms with Crippen LogP contribution >= 0.6 is 39.5 Å². The first kappa shape index (κ1) is 9.94. The molecule has 0 radical (unpaired) electrons. The molecule has 0 amide bonds. The molecule has 3 heteroatoms. The summed E-state index contributed by atoms with van der Waals surface area (Å²) in [6, 6.07) is 8.66. The highest BCUT2D eigenvalue weighted by molar-refractivity contribution is 9.10. The third-order valence-corrected chi connectivity index (χ3v) is 5.46. The molecule has 2 rings (SSSR count). The van der Waals surface area contributed by atoms with E-state index in [4.69, 9.17) is 0 Å². The van der Waals surface area contributed by atoms with Crippen molar-refractivity contribution in [1.29, 1.82) is 0 Å². The maximum atomic E-state index is 3.51. The van der Waals surface area contributed by atoms with Crippen LogP contribution in [0.1, 0.15) is 16.6 Å². The summed E-state index contributed by atoms with van der Waals surface area (Å²) in [5.74, 6) is 2.62. The molecule has 0 unspecified atom stereocenters. The van der Waals surface area contributed by atoms with E-state index < -0.39 is 0 Å². The second-order valence-corrected chi connectivity index (χ2v) is 6.62. The average Bonchev–Trinajstić information content (AvgIpc) is 2.19. The van der Waals surface area contributed by atoms with Crippen LogP contribution in [0.5, 0.6) is 0 Å². The van der Waals surface area contributed by atoms with Gasteiger partial charge in [0, 0.05) is 4.47 Å². The Morgan fingerprint density at radius 1 is 1.23 bits per heavy atom. The summed E-state index contributed by atoms with van der Waals surface area (Å²) in [4.78, 5) is 0. The molecule has 0 aliphatic carbocycles. The van der Waals surface area contributed by atoms with Crippen molar-refractivity contribution >= 4 is 39.5 Å². The van der Waals surface area contributed by atoms with E-state index in [1.807, 2.05) is 0 Å². The molecule has 1 heterocycles. The monoisotopic (exact) mass is 274 g/mol. The van der Waals surface area contributed by atoms with E-state index in [0.717, 1.165) is 0 Å². The van der Waals surface area contributed by atoms with E-state index >= 15 is 0 Å². The fourth-order valence-corrected chi connectivity index (χ4v) is 4.62. The Labute approximate surface area is 96.0 Å². The van der Waals surface area contributed by atoms with Crippen LogP contribution in [-0.2, 0) is 0 Å². The van der Waals surface area contributed by atoms with Gasteiger partial charge in [0.2, 0.25) is 0 Å². The molecule has 1 aromatic rings. The fraction of sp³-hybridized carbons (Fsp3) is 0.400. The molecule has 13 heavy (non-hydrogen) atoms. The van der Waals surface area contributed by atoms with Gasteiger partial charge in [-0.1, -0.05) is 28.1 Å². The zero-order valence-corrected chi connectivity index (χ0v) is 10.4. The topological polar surface area (TPSA) is 0 Å². The van der Waals surface area contributed by atoms with Gasteiger partial charge in [0.1, 0.15) is 0 Å². The minimum atomic E-state index is 0.659. The number of hydrogen-bond donors (Lipinski definition) is 0.